The lowest BCUT2D eigenvalue weighted by molar-refractivity contribution is -0.138. The number of aromatic nitrogens is 1. The van der Waals surface area contributed by atoms with Crippen molar-refractivity contribution >= 4 is 11.6 Å². The van der Waals surface area contributed by atoms with Crippen molar-refractivity contribution in [2.24, 2.45) is 11.8 Å². The molecule has 1 aromatic carbocycles. The van der Waals surface area contributed by atoms with E-state index in [4.69, 9.17) is 0 Å². The number of nitrogens with zero attached hydrogens (tertiary/aromatic N) is 4. The molecule has 2 atom stereocenters. The van der Waals surface area contributed by atoms with E-state index in [9.17, 15) is 18.0 Å². The SMILES string of the molecule is Cc1ccc(N2CCN(CC(C)C(=O)N3CCC[C@H](Cc4cncc(C(F)(F)F)c4)C3)CC2)cc1. The molecule has 2 aromatic rings. The first kappa shape index (κ1) is 25.5. The van der Waals surface area contributed by atoms with Crippen LogP contribution in [0.1, 0.15) is 36.5 Å². The number of alkyl halides is 3. The number of hydrogen-bond donors (Lipinski definition) is 0. The van der Waals surface area contributed by atoms with E-state index in [2.05, 4.69) is 46.0 Å². The number of benzene rings is 1. The van der Waals surface area contributed by atoms with Gasteiger partial charge in [-0.1, -0.05) is 24.6 Å². The highest BCUT2D eigenvalue weighted by Gasteiger charge is 2.32. The lowest BCUT2D eigenvalue weighted by atomic mass is 9.91. The highest BCUT2D eigenvalue weighted by molar-refractivity contribution is 5.78. The van der Waals surface area contributed by atoms with Crippen molar-refractivity contribution in [3.05, 3.63) is 59.4 Å². The summed E-state index contributed by atoms with van der Waals surface area (Å²) in [7, 11) is 0. The number of hydrogen-bond acceptors (Lipinski definition) is 4. The predicted octanol–water partition coefficient (Wildman–Crippen LogP) is 4.65. The molecule has 190 valence electrons. The fraction of sp³-hybridized carbons (Fsp3) is 0.556. The van der Waals surface area contributed by atoms with Crippen LogP contribution in [0.4, 0.5) is 18.9 Å². The summed E-state index contributed by atoms with van der Waals surface area (Å²) in [6, 6.07) is 9.79. The molecule has 8 heteroatoms. The highest BCUT2D eigenvalue weighted by atomic mass is 19.4. The zero-order valence-electron chi connectivity index (χ0n) is 20.6. The van der Waals surface area contributed by atoms with Gasteiger partial charge in [0.25, 0.3) is 0 Å². The number of aryl methyl sites for hydroxylation is 1. The number of pyridine rings is 1. The summed E-state index contributed by atoms with van der Waals surface area (Å²) in [5.41, 5.74) is 2.37. The zero-order chi connectivity index (χ0) is 25.0. The van der Waals surface area contributed by atoms with E-state index in [1.807, 2.05) is 11.8 Å². The second-order valence-electron chi connectivity index (χ2n) is 10.1. The Bertz CT molecular complexity index is 987. The number of piperazine rings is 1. The largest absolute Gasteiger partial charge is 0.417 e. The molecular formula is C27H35F3N4O. The molecule has 0 spiro atoms. The summed E-state index contributed by atoms with van der Waals surface area (Å²) in [4.78, 5) is 23.7. The van der Waals surface area contributed by atoms with E-state index in [-0.39, 0.29) is 17.7 Å². The number of carbonyl (C=O) groups is 1. The summed E-state index contributed by atoms with van der Waals surface area (Å²) in [6.07, 6.45) is 0.284. The van der Waals surface area contributed by atoms with Gasteiger partial charge in [0.15, 0.2) is 0 Å². The molecule has 35 heavy (non-hydrogen) atoms. The van der Waals surface area contributed by atoms with Crippen LogP contribution in [0.25, 0.3) is 0 Å². The first-order chi connectivity index (χ1) is 16.7. The fourth-order valence-electron chi connectivity index (χ4n) is 5.24. The molecule has 1 unspecified atom stereocenters. The molecule has 2 aliphatic heterocycles. The Kier molecular flexibility index (Phi) is 7.99. The van der Waals surface area contributed by atoms with Gasteiger partial charge in [-0.3, -0.25) is 14.7 Å². The fourth-order valence-corrected chi connectivity index (χ4v) is 5.24. The molecule has 4 rings (SSSR count). The van der Waals surface area contributed by atoms with Gasteiger partial charge in [0.1, 0.15) is 0 Å². The van der Waals surface area contributed by atoms with Crippen molar-refractivity contribution in [2.75, 3.05) is 50.7 Å². The molecule has 0 N–H and O–H groups in total. The summed E-state index contributed by atoms with van der Waals surface area (Å²) in [5.74, 6) is 0.205. The summed E-state index contributed by atoms with van der Waals surface area (Å²) >= 11 is 0. The lowest BCUT2D eigenvalue weighted by Crippen LogP contribution is -2.50. The quantitative estimate of drug-likeness (QED) is 0.594. The second kappa shape index (κ2) is 11.0. The van der Waals surface area contributed by atoms with Crippen molar-refractivity contribution < 1.29 is 18.0 Å². The van der Waals surface area contributed by atoms with E-state index >= 15 is 0 Å². The molecule has 2 saturated heterocycles. The van der Waals surface area contributed by atoms with E-state index < -0.39 is 11.7 Å². The van der Waals surface area contributed by atoms with E-state index in [0.717, 1.165) is 58.3 Å². The number of rotatable bonds is 6. The molecule has 0 aliphatic carbocycles. The van der Waals surface area contributed by atoms with Crippen LogP contribution in [-0.2, 0) is 17.4 Å². The average molecular weight is 489 g/mol. The third-order valence-electron chi connectivity index (χ3n) is 7.20. The number of piperidine rings is 1. The van der Waals surface area contributed by atoms with Crippen LogP contribution in [-0.4, -0.2) is 66.5 Å². The Labute approximate surface area is 205 Å². The Morgan fingerprint density at radius 2 is 1.80 bits per heavy atom. The maximum atomic E-state index is 13.2. The Morgan fingerprint density at radius 1 is 1.09 bits per heavy atom. The third-order valence-corrected chi connectivity index (χ3v) is 7.20. The van der Waals surface area contributed by atoms with Crippen LogP contribution in [0, 0.1) is 18.8 Å². The zero-order valence-corrected chi connectivity index (χ0v) is 20.6. The Balaban J connectivity index is 1.26. The molecule has 2 aliphatic rings. The smallest absolute Gasteiger partial charge is 0.369 e. The lowest BCUT2D eigenvalue weighted by Gasteiger charge is -2.38. The minimum atomic E-state index is -4.39. The molecule has 2 fully saturated rings. The standard InChI is InChI=1S/C27H35F3N4O/c1-20-5-7-25(8-6-20)33-12-10-32(11-13-33)18-21(2)26(35)34-9-3-4-22(19-34)14-23-15-24(17-31-16-23)27(28,29)30/h5-8,15-17,21-22H,3-4,9-14,18-19H2,1-2H3/t21?,22-/m1/s1. The van der Waals surface area contributed by atoms with Gasteiger partial charge in [-0.2, -0.15) is 13.2 Å². The van der Waals surface area contributed by atoms with Crippen molar-refractivity contribution in [2.45, 2.75) is 39.3 Å². The van der Waals surface area contributed by atoms with Gasteiger partial charge < -0.3 is 9.80 Å². The van der Waals surface area contributed by atoms with Gasteiger partial charge >= 0.3 is 6.18 Å². The van der Waals surface area contributed by atoms with Gasteiger partial charge in [-0.05, 0) is 55.9 Å². The maximum Gasteiger partial charge on any atom is 0.417 e. The molecule has 5 nitrogen and oxygen atoms in total. The number of amides is 1. The van der Waals surface area contributed by atoms with E-state index in [0.29, 0.717) is 18.5 Å². The third kappa shape index (κ3) is 6.75. The number of likely N-dealkylation sites (tertiary alicyclic amines) is 1. The summed E-state index contributed by atoms with van der Waals surface area (Å²) < 4.78 is 39.1. The van der Waals surface area contributed by atoms with Crippen molar-refractivity contribution in [1.82, 2.24) is 14.8 Å². The molecule has 0 radical (unpaired) electrons. The number of carbonyl (C=O) groups excluding carboxylic acids is 1. The molecule has 1 aromatic heterocycles. The van der Waals surface area contributed by atoms with Crippen molar-refractivity contribution in [3.8, 4) is 0 Å². The van der Waals surface area contributed by atoms with Gasteiger partial charge in [-0.15, -0.1) is 0 Å². The monoisotopic (exact) mass is 488 g/mol. The average Bonchev–Trinajstić information content (AvgIpc) is 2.84. The van der Waals surface area contributed by atoms with E-state index in [1.165, 1.54) is 23.5 Å². The Morgan fingerprint density at radius 3 is 2.49 bits per heavy atom. The summed E-state index contributed by atoms with van der Waals surface area (Å²) in [5, 5.41) is 0. The van der Waals surface area contributed by atoms with Crippen LogP contribution < -0.4 is 4.90 Å². The van der Waals surface area contributed by atoms with Crippen molar-refractivity contribution in [3.63, 3.8) is 0 Å². The van der Waals surface area contributed by atoms with Crippen molar-refractivity contribution in [1.29, 1.82) is 0 Å². The molecule has 0 bridgehead atoms. The molecular weight excluding hydrogens is 453 g/mol. The van der Waals surface area contributed by atoms with Crippen LogP contribution in [0.15, 0.2) is 42.7 Å². The van der Waals surface area contributed by atoms with E-state index in [1.54, 1.807) is 0 Å². The first-order valence-corrected chi connectivity index (χ1v) is 12.5. The van der Waals surface area contributed by atoms with Crippen LogP contribution >= 0.6 is 0 Å². The van der Waals surface area contributed by atoms with Gasteiger partial charge in [0.2, 0.25) is 5.91 Å². The summed E-state index contributed by atoms with van der Waals surface area (Å²) in [6.45, 7) is 9.89. The second-order valence-corrected chi connectivity index (χ2v) is 10.1. The normalized spacial score (nSPS) is 20.7. The predicted molar refractivity (Wildman–Crippen MR) is 131 cm³/mol. The molecule has 1 amide bonds. The van der Waals surface area contributed by atoms with Gasteiger partial charge in [-0.25, -0.2) is 0 Å². The van der Waals surface area contributed by atoms with Crippen LogP contribution in [0.5, 0.6) is 0 Å². The van der Waals surface area contributed by atoms with Gasteiger partial charge in [0, 0.05) is 69.8 Å². The van der Waals surface area contributed by atoms with Gasteiger partial charge in [0.05, 0.1) is 5.56 Å². The first-order valence-electron chi connectivity index (χ1n) is 12.5. The number of halogens is 3. The minimum absolute atomic E-state index is 0.102. The van der Waals surface area contributed by atoms with Crippen LogP contribution in [0.2, 0.25) is 0 Å². The molecule has 0 saturated carbocycles. The Hall–Kier alpha value is -2.61. The number of anilines is 1. The van der Waals surface area contributed by atoms with Crippen LogP contribution in [0.3, 0.4) is 0 Å². The topological polar surface area (TPSA) is 39.7 Å². The highest BCUT2D eigenvalue weighted by Crippen LogP contribution is 2.30. The maximum absolute atomic E-state index is 13.2. The molecule has 3 heterocycles. The minimum Gasteiger partial charge on any atom is -0.369 e.